The van der Waals surface area contributed by atoms with Crippen LogP contribution in [0.2, 0.25) is 0 Å². The van der Waals surface area contributed by atoms with E-state index in [0.717, 1.165) is 25.7 Å². The van der Waals surface area contributed by atoms with Gasteiger partial charge >= 0.3 is 0 Å². The van der Waals surface area contributed by atoms with E-state index < -0.39 is 5.41 Å². The molecule has 0 spiro atoms. The van der Waals surface area contributed by atoms with Crippen molar-refractivity contribution in [3.63, 3.8) is 0 Å². The van der Waals surface area contributed by atoms with Crippen molar-refractivity contribution >= 4 is 5.91 Å². The van der Waals surface area contributed by atoms with Gasteiger partial charge in [0.1, 0.15) is 5.41 Å². The van der Waals surface area contributed by atoms with E-state index in [2.05, 4.69) is 25.2 Å². The highest BCUT2D eigenvalue weighted by Crippen LogP contribution is 2.35. The van der Waals surface area contributed by atoms with Crippen LogP contribution in [-0.4, -0.2) is 24.2 Å². The third-order valence-corrected chi connectivity index (χ3v) is 4.25. The van der Waals surface area contributed by atoms with Gasteiger partial charge in [0.05, 0.1) is 6.07 Å². The summed E-state index contributed by atoms with van der Waals surface area (Å²) >= 11 is 0. The van der Waals surface area contributed by atoms with Crippen LogP contribution in [0.4, 0.5) is 0 Å². The molecule has 1 atom stereocenters. The third-order valence-electron chi connectivity index (χ3n) is 4.25. The van der Waals surface area contributed by atoms with Crippen LogP contribution >= 0.6 is 0 Å². The van der Waals surface area contributed by atoms with E-state index in [1.54, 1.807) is 0 Å². The zero-order valence-electron chi connectivity index (χ0n) is 12.8. The van der Waals surface area contributed by atoms with Gasteiger partial charge in [0.25, 0.3) is 0 Å². The first-order valence-electron chi connectivity index (χ1n) is 7.84. The molecule has 1 unspecified atom stereocenters. The van der Waals surface area contributed by atoms with Crippen molar-refractivity contribution in [1.82, 2.24) is 5.32 Å². The Kier molecular flexibility index (Phi) is 7.01. The summed E-state index contributed by atoms with van der Waals surface area (Å²) < 4.78 is 0. The molecule has 1 aliphatic carbocycles. The van der Waals surface area contributed by atoms with Crippen molar-refractivity contribution in [3.8, 4) is 6.07 Å². The van der Waals surface area contributed by atoms with Crippen LogP contribution in [0.15, 0.2) is 0 Å². The fourth-order valence-electron chi connectivity index (χ4n) is 3.10. The highest BCUT2D eigenvalue weighted by atomic mass is 16.3. The van der Waals surface area contributed by atoms with Gasteiger partial charge in [-0.05, 0) is 37.5 Å². The molecule has 0 saturated heterocycles. The van der Waals surface area contributed by atoms with E-state index in [9.17, 15) is 10.1 Å². The number of hydrogen-bond acceptors (Lipinski definition) is 3. The molecular weight excluding hydrogens is 252 g/mol. The zero-order chi connectivity index (χ0) is 15.0. The quantitative estimate of drug-likeness (QED) is 0.753. The number of aliphatic hydroxyl groups is 1. The number of rotatable bonds is 7. The van der Waals surface area contributed by atoms with E-state index in [4.69, 9.17) is 5.11 Å². The third kappa shape index (κ3) is 4.79. The second-order valence-electron chi connectivity index (χ2n) is 6.47. The van der Waals surface area contributed by atoms with Crippen LogP contribution in [0.1, 0.15) is 58.8 Å². The lowest BCUT2D eigenvalue weighted by atomic mass is 9.74. The summed E-state index contributed by atoms with van der Waals surface area (Å²) in [5.74, 6) is 0.734. The Morgan fingerprint density at radius 1 is 1.35 bits per heavy atom. The molecule has 0 aliphatic heterocycles. The SMILES string of the molecule is CC(C)CC(CCO)CNC(=O)C1(C#N)CCCCC1. The number of amides is 1. The monoisotopic (exact) mass is 280 g/mol. The molecule has 1 fully saturated rings. The minimum absolute atomic E-state index is 0.105. The number of nitrogens with zero attached hydrogens (tertiary/aromatic N) is 1. The molecule has 0 aromatic rings. The summed E-state index contributed by atoms with van der Waals surface area (Å²) in [4.78, 5) is 12.3. The van der Waals surface area contributed by atoms with Crippen molar-refractivity contribution in [1.29, 1.82) is 5.26 Å². The molecule has 0 aromatic heterocycles. The van der Waals surface area contributed by atoms with Gasteiger partial charge in [0.15, 0.2) is 0 Å². The van der Waals surface area contributed by atoms with Crippen molar-refractivity contribution in [3.05, 3.63) is 0 Å². The average molecular weight is 280 g/mol. The van der Waals surface area contributed by atoms with E-state index >= 15 is 0 Å². The normalized spacial score (nSPS) is 19.4. The first-order valence-corrected chi connectivity index (χ1v) is 7.84. The van der Waals surface area contributed by atoms with Crippen LogP contribution in [-0.2, 0) is 4.79 Å². The zero-order valence-corrected chi connectivity index (χ0v) is 12.8. The Morgan fingerprint density at radius 3 is 2.50 bits per heavy atom. The number of hydrogen-bond donors (Lipinski definition) is 2. The second kappa shape index (κ2) is 8.26. The number of carbonyl (C=O) groups excluding carboxylic acids is 1. The summed E-state index contributed by atoms with van der Waals surface area (Å²) in [6.07, 6.45) is 6.12. The topological polar surface area (TPSA) is 73.1 Å². The van der Waals surface area contributed by atoms with Crippen LogP contribution in [0.3, 0.4) is 0 Å². The molecule has 0 radical (unpaired) electrons. The van der Waals surface area contributed by atoms with Crippen molar-refractivity contribution in [2.75, 3.05) is 13.2 Å². The number of nitrogens with one attached hydrogen (secondary N) is 1. The Morgan fingerprint density at radius 2 is 2.00 bits per heavy atom. The molecule has 4 nitrogen and oxygen atoms in total. The maximum absolute atomic E-state index is 12.3. The smallest absolute Gasteiger partial charge is 0.240 e. The summed E-state index contributed by atoms with van der Waals surface area (Å²) in [6, 6.07) is 2.25. The lowest BCUT2D eigenvalue weighted by molar-refractivity contribution is -0.129. The van der Waals surface area contributed by atoms with Crippen LogP contribution < -0.4 is 5.32 Å². The number of aliphatic hydroxyl groups excluding tert-OH is 1. The Bertz CT molecular complexity index is 341. The van der Waals surface area contributed by atoms with Gasteiger partial charge in [-0.2, -0.15) is 5.26 Å². The molecule has 0 aromatic carbocycles. The summed E-state index contributed by atoms with van der Waals surface area (Å²) in [5.41, 5.74) is -0.806. The van der Waals surface area contributed by atoms with Crippen molar-refractivity contribution in [2.45, 2.75) is 58.8 Å². The van der Waals surface area contributed by atoms with Gasteiger partial charge in [0, 0.05) is 13.2 Å². The van der Waals surface area contributed by atoms with Crippen LogP contribution in [0.5, 0.6) is 0 Å². The largest absolute Gasteiger partial charge is 0.396 e. The Labute approximate surface area is 122 Å². The second-order valence-corrected chi connectivity index (χ2v) is 6.47. The average Bonchev–Trinajstić information content (AvgIpc) is 2.44. The van der Waals surface area contributed by atoms with Gasteiger partial charge in [-0.15, -0.1) is 0 Å². The molecule has 114 valence electrons. The summed E-state index contributed by atoms with van der Waals surface area (Å²) in [5, 5.41) is 21.4. The summed E-state index contributed by atoms with van der Waals surface area (Å²) in [6.45, 7) is 5.01. The highest BCUT2D eigenvalue weighted by molar-refractivity contribution is 5.85. The van der Waals surface area contributed by atoms with Crippen LogP contribution in [0, 0.1) is 28.6 Å². The molecule has 4 heteroatoms. The minimum atomic E-state index is -0.806. The van der Waals surface area contributed by atoms with Crippen LogP contribution in [0.25, 0.3) is 0 Å². The van der Waals surface area contributed by atoms with Crippen molar-refractivity contribution < 1.29 is 9.90 Å². The molecule has 1 aliphatic rings. The maximum atomic E-state index is 12.3. The predicted octanol–water partition coefficient (Wildman–Crippen LogP) is 2.62. The number of nitriles is 1. The van der Waals surface area contributed by atoms with E-state index in [-0.39, 0.29) is 12.5 Å². The van der Waals surface area contributed by atoms with Gasteiger partial charge < -0.3 is 10.4 Å². The van der Waals surface area contributed by atoms with E-state index in [1.807, 2.05) is 0 Å². The fourth-order valence-corrected chi connectivity index (χ4v) is 3.10. The van der Waals surface area contributed by atoms with Crippen molar-refractivity contribution in [2.24, 2.45) is 17.3 Å². The first-order chi connectivity index (χ1) is 9.54. The molecule has 1 amide bonds. The standard InChI is InChI=1S/C16H28N2O2/c1-13(2)10-14(6-9-19)11-18-15(20)16(12-17)7-4-3-5-8-16/h13-14,19H,3-11H2,1-2H3,(H,18,20). The molecule has 2 N–H and O–H groups in total. The molecule has 0 bridgehead atoms. The molecule has 1 rings (SSSR count). The molecule has 20 heavy (non-hydrogen) atoms. The van der Waals surface area contributed by atoms with E-state index in [0.29, 0.717) is 37.6 Å². The lowest BCUT2D eigenvalue weighted by Crippen LogP contribution is -2.43. The van der Waals surface area contributed by atoms with Gasteiger partial charge in [-0.25, -0.2) is 0 Å². The van der Waals surface area contributed by atoms with Gasteiger partial charge in [-0.1, -0.05) is 33.1 Å². The molecule has 0 heterocycles. The Balaban J connectivity index is 2.53. The number of carbonyl (C=O) groups is 1. The first kappa shape index (κ1) is 17.0. The predicted molar refractivity (Wildman–Crippen MR) is 78.8 cm³/mol. The minimum Gasteiger partial charge on any atom is -0.396 e. The lowest BCUT2D eigenvalue weighted by Gasteiger charge is -2.30. The summed E-state index contributed by atoms with van der Waals surface area (Å²) in [7, 11) is 0. The molecular formula is C16H28N2O2. The maximum Gasteiger partial charge on any atom is 0.240 e. The van der Waals surface area contributed by atoms with E-state index in [1.165, 1.54) is 0 Å². The van der Waals surface area contributed by atoms with Gasteiger partial charge in [-0.3, -0.25) is 4.79 Å². The Hall–Kier alpha value is -1.08. The molecule has 1 saturated carbocycles. The fraction of sp³-hybridized carbons (Fsp3) is 0.875. The van der Waals surface area contributed by atoms with Gasteiger partial charge in [0.2, 0.25) is 5.91 Å². The highest BCUT2D eigenvalue weighted by Gasteiger charge is 2.39.